The van der Waals surface area contributed by atoms with Crippen LogP contribution in [0.5, 0.6) is 0 Å². The van der Waals surface area contributed by atoms with Crippen LogP contribution in [0.1, 0.15) is 66.6 Å². The van der Waals surface area contributed by atoms with E-state index in [0.29, 0.717) is 43.5 Å². The number of fused-ring (bicyclic) bond motifs is 1. The number of rotatable bonds is 7. The Morgan fingerprint density at radius 2 is 2.06 bits per heavy atom. The van der Waals surface area contributed by atoms with Crippen molar-refractivity contribution in [2.75, 3.05) is 26.3 Å². The number of aromatic amines is 1. The second-order valence-corrected chi connectivity index (χ2v) is 8.73. The molecule has 1 N–H and O–H groups in total. The van der Waals surface area contributed by atoms with Gasteiger partial charge in [0.05, 0.1) is 18.0 Å². The van der Waals surface area contributed by atoms with E-state index in [1.165, 1.54) is 25.7 Å². The van der Waals surface area contributed by atoms with Crippen molar-refractivity contribution in [1.29, 1.82) is 0 Å². The van der Waals surface area contributed by atoms with Crippen molar-refractivity contribution in [3.8, 4) is 0 Å². The van der Waals surface area contributed by atoms with Crippen molar-refractivity contribution in [2.45, 2.75) is 50.9 Å². The zero-order valence-electron chi connectivity index (χ0n) is 17.8. The van der Waals surface area contributed by atoms with E-state index in [4.69, 9.17) is 9.26 Å². The molecule has 0 spiro atoms. The minimum Gasteiger partial charge on any atom is -0.381 e. The number of hydrogen-bond acceptors (Lipinski definition) is 6. The predicted octanol–water partition coefficient (Wildman–Crippen LogP) is 3.72. The lowest BCUT2D eigenvalue weighted by molar-refractivity contribution is 0.0691. The monoisotopic (exact) mass is 423 g/mol. The Bertz CT molecular complexity index is 1020. The summed E-state index contributed by atoms with van der Waals surface area (Å²) in [6.45, 7) is 2.75. The van der Waals surface area contributed by atoms with E-state index in [-0.39, 0.29) is 11.8 Å². The van der Waals surface area contributed by atoms with E-state index >= 15 is 0 Å². The molecule has 164 valence electrons. The molecule has 1 aromatic carbocycles. The first-order valence-electron chi connectivity index (χ1n) is 11.4. The molecule has 0 bridgehead atoms. The summed E-state index contributed by atoms with van der Waals surface area (Å²) in [5, 5.41) is 12.2. The Hall–Kier alpha value is -2.74. The average Bonchev–Trinajstić information content (AvgIpc) is 3.57. The number of ether oxygens (including phenoxy) is 1. The number of likely N-dealkylation sites (tertiary alicyclic amines) is 1. The Kier molecular flexibility index (Phi) is 5.97. The highest BCUT2D eigenvalue weighted by Crippen LogP contribution is 2.28. The van der Waals surface area contributed by atoms with Gasteiger partial charge in [0, 0.05) is 31.5 Å². The highest BCUT2D eigenvalue weighted by Gasteiger charge is 2.30. The molecule has 2 aliphatic rings. The van der Waals surface area contributed by atoms with E-state index in [1.54, 1.807) is 0 Å². The molecule has 31 heavy (non-hydrogen) atoms. The van der Waals surface area contributed by atoms with Gasteiger partial charge in [-0.15, -0.1) is 0 Å². The summed E-state index contributed by atoms with van der Waals surface area (Å²) in [6, 6.07) is 7.70. The number of nitrogens with one attached hydrogen (secondary N) is 1. The number of amides is 1. The van der Waals surface area contributed by atoms with Crippen LogP contribution >= 0.6 is 0 Å². The number of aromatic nitrogens is 4. The van der Waals surface area contributed by atoms with Gasteiger partial charge >= 0.3 is 0 Å². The number of H-pyrrole nitrogens is 1. The lowest BCUT2D eigenvalue weighted by Gasteiger charge is -2.30. The number of carbonyl (C=O) groups excluding carboxylic acids is 1. The van der Waals surface area contributed by atoms with Crippen molar-refractivity contribution < 1.29 is 14.1 Å². The summed E-state index contributed by atoms with van der Waals surface area (Å²) in [5.41, 5.74) is 1.35. The third-order valence-corrected chi connectivity index (χ3v) is 6.51. The van der Waals surface area contributed by atoms with Crippen LogP contribution in [0.4, 0.5) is 0 Å². The third kappa shape index (κ3) is 4.49. The standard InChI is InChI=1S/C23H29N5O3/c29-23(21-18-9-3-4-10-19(18)25-26-21)28-12-5-8-17(14-28)22-24-20(27-31-22)11-13-30-15-16-6-1-2-7-16/h3-4,9-10,16-17H,1-2,5-8,11-15H2,(H,25,26). The van der Waals surface area contributed by atoms with Gasteiger partial charge < -0.3 is 14.2 Å². The zero-order valence-corrected chi connectivity index (χ0v) is 17.8. The highest BCUT2D eigenvalue weighted by atomic mass is 16.5. The first-order valence-corrected chi connectivity index (χ1v) is 11.4. The van der Waals surface area contributed by atoms with E-state index < -0.39 is 0 Å². The SMILES string of the molecule is O=C(c1n[nH]c2ccccc12)N1CCCC(c2nc(CCOCC3CCCC3)no2)C1. The normalized spacial score (nSPS) is 20.0. The summed E-state index contributed by atoms with van der Waals surface area (Å²) >= 11 is 0. The van der Waals surface area contributed by atoms with Crippen LogP contribution < -0.4 is 0 Å². The van der Waals surface area contributed by atoms with Gasteiger partial charge in [-0.1, -0.05) is 36.2 Å². The Morgan fingerprint density at radius 3 is 2.97 bits per heavy atom. The molecule has 3 aromatic rings. The molecular weight excluding hydrogens is 394 g/mol. The van der Waals surface area contributed by atoms with Crippen LogP contribution in [-0.2, 0) is 11.2 Å². The van der Waals surface area contributed by atoms with Gasteiger partial charge in [-0.2, -0.15) is 10.1 Å². The zero-order chi connectivity index (χ0) is 21.0. The van der Waals surface area contributed by atoms with Gasteiger partial charge in [0.15, 0.2) is 11.5 Å². The highest BCUT2D eigenvalue weighted by molar-refractivity contribution is 6.04. The largest absolute Gasteiger partial charge is 0.381 e. The molecule has 0 radical (unpaired) electrons. The molecule has 1 amide bonds. The van der Waals surface area contributed by atoms with Crippen LogP contribution in [0.2, 0.25) is 0 Å². The van der Waals surface area contributed by atoms with Gasteiger partial charge in [0.25, 0.3) is 5.91 Å². The number of benzene rings is 1. The second kappa shape index (κ2) is 9.18. The molecule has 2 aromatic heterocycles. The fourth-order valence-electron chi connectivity index (χ4n) is 4.76. The number of nitrogens with zero attached hydrogens (tertiary/aromatic N) is 4. The van der Waals surface area contributed by atoms with Crippen LogP contribution in [0.3, 0.4) is 0 Å². The van der Waals surface area contributed by atoms with Crippen molar-refractivity contribution >= 4 is 16.8 Å². The Labute approximate surface area is 181 Å². The molecule has 3 heterocycles. The number of piperidine rings is 1. The third-order valence-electron chi connectivity index (χ3n) is 6.51. The number of para-hydroxylation sites is 1. The molecule has 1 unspecified atom stereocenters. The molecule has 1 atom stereocenters. The van der Waals surface area contributed by atoms with Crippen LogP contribution in [0.15, 0.2) is 28.8 Å². The molecule has 1 aliphatic heterocycles. The minimum absolute atomic E-state index is 0.0535. The summed E-state index contributed by atoms with van der Waals surface area (Å²) in [6.07, 6.45) is 7.74. The molecule has 8 nitrogen and oxygen atoms in total. The molecule has 1 saturated carbocycles. The van der Waals surface area contributed by atoms with Gasteiger partial charge in [-0.25, -0.2) is 0 Å². The number of hydrogen-bond donors (Lipinski definition) is 1. The lowest BCUT2D eigenvalue weighted by Crippen LogP contribution is -2.39. The van der Waals surface area contributed by atoms with Crippen molar-refractivity contribution in [1.82, 2.24) is 25.2 Å². The maximum absolute atomic E-state index is 13.1. The second-order valence-electron chi connectivity index (χ2n) is 8.73. The van der Waals surface area contributed by atoms with Crippen LogP contribution in [0.25, 0.3) is 10.9 Å². The van der Waals surface area contributed by atoms with E-state index in [9.17, 15) is 4.79 Å². The summed E-state index contributed by atoms with van der Waals surface area (Å²) in [4.78, 5) is 19.5. The van der Waals surface area contributed by atoms with E-state index in [2.05, 4.69) is 20.3 Å². The fourth-order valence-corrected chi connectivity index (χ4v) is 4.76. The lowest BCUT2D eigenvalue weighted by atomic mass is 9.97. The first-order chi connectivity index (χ1) is 15.3. The molecule has 2 fully saturated rings. The minimum atomic E-state index is -0.0535. The summed E-state index contributed by atoms with van der Waals surface area (Å²) < 4.78 is 11.4. The smallest absolute Gasteiger partial charge is 0.275 e. The Morgan fingerprint density at radius 1 is 1.19 bits per heavy atom. The van der Waals surface area contributed by atoms with E-state index in [1.807, 2.05) is 29.2 Å². The van der Waals surface area contributed by atoms with Crippen LogP contribution in [-0.4, -0.2) is 57.4 Å². The molecular formula is C23H29N5O3. The molecule has 1 saturated heterocycles. The van der Waals surface area contributed by atoms with Crippen molar-refractivity contribution in [3.63, 3.8) is 0 Å². The van der Waals surface area contributed by atoms with Gasteiger partial charge in [-0.05, 0) is 37.7 Å². The molecule has 5 rings (SSSR count). The van der Waals surface area contributed by atoms with Gasteiger partial charge in [0.1, 0.15) is 0 Å². The quantitative estimate of drug-likeness (QED) is 0.582. The number of carbonyl (C=O) groups is 1. The maximum atomic E-state index is 13.1. The molecule has 8 heteroatoms. The van der Waals surface area contributed by atoms with Crippen molar-refractivity contribution in [2.24, 2.45) is 5.92 Å². The van der Waals surface area contributed by atoms with Gasteiger partial charge in [0.2, 0.25) is 5.89 Å². The molecule has 1 aliphatic carbocycles. The van der Waals surface area contributed by atoms with E-state index in [0.717, 1.165) is 36.3 Å². The summed E-state index contributed by atoms with van der Waals surface area (Å²) in [7, 11) is 0. The average molecular weight is 424 g/mol. The van der Waals surface area contributed by atoms with Crippen molar-refractivity contribution in [3.05, 3.63) is 41.7 Å². The van der Waals surface area contributed by atoms with Gasteiger partial charge in [-0.3, -0.25) is 9.89 Å². The Balaban J connectivity index is 1.17. The summed E-state index contributed by atoms with van der Waals surface area (Å²) in [5.74, 6) is 2.03. The first kappa shape index (κ1) is 20.2. The fraction of sp³-hybridized carbons (Fsp3) is 0.565. The van der Waals surface area contributed by atoms with Crippen LogP contribution in [0, 0.1) is 5.92 Å². The maximum Gasteiger partial charge on any atom is 0.275 e. The topological polar surface area (TPSA) is 97.1 Å². The predicted molar refractivity (Wildman–Crippen MR) is 115 cm³/mol.